The molecule has 2 amide bonds. The van der Waals surface area contributed by atoms with E-state index in [4.69, 9.17) is 16.3 Å². The number of aryl methyl sites for hydroxylation is 1. The molecule has 2 aromatic carbocycles. The van der Waals surface area contributed by atoms with E-state index >= 15 is 8.78 Å². The molecule has 0 radical (unpaired) electrons. The van der Waals surface area contributed by atoms with Crippen LogP contribution in [0.1, 0.15) is 38.1 Å². The van der Waals surface area contributed by atoms with Gasteiger partial charge in [0.1, 0.15) is 29.6 Å². The van der Waals surface area contributed by atoms with Crippen molar-refractivity contribution in [2.45, 2.75) is 45.7 Å². The Morgan fingerprint density at radius 2 is 1.85 bits per heavy atom. The zero-order valence-electron chi connectivity index (χ0n) is 26.8. The summed E-state index contributed by atoms with van der Waals surface area (Å²) in [4.78, 5) is 54.8. The first-order valence-electron chi connectivity index (χ1n) is 15.1. The molecular formula is C34H33ClF2N6O4. The third-order valence-corrected chi connectivity index (χ3v) is 9.28. The fraction of sp³-hybridized carbons (Fsp3) is 0.324. The lowest BCUT2D eigenvalue weighted by Gasteiger charge is -2.50. The summed E-state index contributed by atoms with van der Waals surface area (Å²) in [6, 6.07) is 4.30. The molecule has 2 aliphatic heterocycles. The molecule has 4 aromatic rings. The summed E-state index contributed by atoms with van der Waals surface area (Å²) in [5.74, 6) is -2.68. The van der Waals surface area contributed by atoms with Crippen molar-refractivity contribution in [2.75, 3.05) is 37.0 Å². The van der Waals surface area contributed by atoms with Crippen molar-refractivity contribution < 1.29 is 23.1 Å². The van der Waals surface area contributed by atoms with Crippen LogP contribution in [0.3, 0.4) is 0 Å². The maximum atomic E-state index is 17.5. The van der Waals surface area contributed by atoms with Gasteiger partial charge in [-0.2, -0.15) is 0 Å². The Labute approximate surface area is 274 Å². The molecule has 1 fully saturated rings. The highest BCUT2D eigenvalue weighted by atomic mass is 35.5. The first-order valence-corrected chi connectivity index (χ1v) is 15.4. The number of fused-ring (bicyclic) bond motifs is 5. The molecule has 1 saturated heterocycles. The number of anilines is 2. The standard InChI is InChI=1S/C34H33ClF2N6O4/c1-8-24(44)41-14-22-33(45)40(6)32-31(42(22)13-17(41)4)19-12-20(35)25(26-21(36)10-9-11-23(26)47-7)27(37)30(19)43(34(32)46)29-18(5)38-15-39-28(29)16(2)3/h8-12,15-17,22H,1,13-14H2,2-7H3. The van der Waals surface area contributed by atoms with Crippen molar-refractivity contribution in [3.05, 3.63) is 81.6 Å². The predicted octanol–water partition coefficient (Wildman–Crippen LogP) is 5.39. The molecule has 0 bridgehead atoms. The number of halogens is 3. The average molecular weight is 663 g/mol. The zero-order valence-corrected chi connectivity index (χ0v) is 27.5. The van der Waals surface area contributed by atoms with Crippen LogP contribution in [-0.2, 0) is 9.59 Å². The molecule has 0 spiro atoms. The summed E-state index contributed by atoms with van der Waals surface area (Å²) in [6.45, 7) is 11.0. The van der Waals surface area contributed by atoms with Gasteiger partial charge in [-0.3, -0.25) is 19.0 Å². The molecule has 244 valence electrons. The van der Waals surface area contributed by atoms with Gasteiger partial charge in [-0.1, -0.05) is 38.1 Å². The minimum absolute atomic E-state index is 0.000838. The number of hydrogen-bond donors (Lipinski definition) is 0. The summed E-state index contributed by atoms with van der Waals surface area (Å²) in [7, 11) is 2.81. The number of rotatable bonds is 5. The van der Waals surface area contributed by atoms with Gasteiger partial charge in [-0.15, -0.1) is 0 Å². The van der Waals surface area contributed by atoms with E-state index in [2.05, 4.69) is 16.5 Å². The molecule has 2 atom stereocenters. The van der Waals surface area contributed by atoms with Crippen molar-refractivity contribution in [2.24, 2.45) is 0 Å². The minimum Gasteiger partial charge on any atom is -0.496 e. The number of likely N-dealkylation sites (N-methyl/N-ethyl adjacent to an activating group) is 1. The summed E-state index contributed by atoms with van der Waals surface area (Å²) >= 11 is 6.85. The largest absolute Gasteiger partial charge is 0.496 e. The maximum absolute atomic E-state index is 17.5. The predicted molar refractivity (Wildman–Crippen MR) is 177 cm³/mol. The van der Waals surface area contributed by atoms with Crippen LogP contribution in [0.2, 0.25) is 5.02 Å². The Bertz CT molecular complexity index is 2070. The monoisotopic (exact) mass is 662 g/mol. The average Bonchev–Trinajstić information content (AvgIpc) is 3.03. The second kappa shape index (κ2) is 11.8. The number of nitrogens with zero attached hydrogens (tertiary/aromatic N) is 6. The van der Waals surface area contributed by atoms with Crippen molar-refractivity contribution in [3.8, 4) is 22.6 Å². The molecule has 47 heavy (non-hydrogen) atoms. The summed E-state index contributed by atoms with van der Waals surface area (Å²) in [5, 5.41) is 0.0692. The van der Waals surface area contributed by atoms with Crippen LogP contribution in [0.4, 0.5) is 20.2 Å². The number of piperazine rings is 1. The van der Waals surface area contributed by atoms with E-state index < -0.39 is 35.2 Å². The highest BCUT2D eigenvalue weighted by Gasteiger charge is 2.46. The van der Waals surface area contributed by atoms with Crippen LogP contribution in [0.5, 0.6) is 5.75 Å². The Morgan fingerprint density at radius 3 is 2.51 bits per heavy atom. The van der Waals surface area contributed by atoms with Crippen molar-refractivity contribution in [1.82, 2.24) is 19.4 Å². The van der Waals surface area contributed by atoms with Crippen molar-refractivity contribution in [3.63, 3.8) is 0 Å². The molecule has 2 aromatic heterocycles. The smallest absolute Gasteiger partial charge is 0.281 e. The Morgan fingerprint density at radius 1 is 1.13 bits per heavy atom. The first kappa shape index (κ1) is 32.1. The lowest BCUT2D eigenvalue weighted by Crippen LogP contribution is -2.66. The van der Waals surface area contributed by atoms with Gasteiger partial charge in [0, 0.05) is 30.6 Å². The van der Waals surface area contributed by atoms with Crippen LogP contribution in [0.15, 0.2) is 48.0 Å². The van der Waals surface area contributed by atoms with Gasteiger partial charge < -0.3 is 19.4 Å². The van der Waals surface area contributed by atoms with Gasteiger partial charge in [0.25, 0.3) is 11.5 Å². The number of carbonyl (C=O) groups excluding carboxylic acids is 2. The number of amides is 2. The molecule has 6 rings (SSSR count). The fourth-order valence-electron chi connectivity index (χ4n) is 6.77. The van der Waals surface area contributed by atoms with Crippen LogP contribution < -0.4 is 20.1 Å². The minimum atomic E-state index is -0.974. The maximum Gasteiger partial charge on any atom is 0.281 e. The van der Waals surface area contributed by atoms with E-state index in [1.807, 2.05) is 20.8 Å². The SMILES string of the molecule is C=CC(=O)N1CC2C(=O)N(C)c3c(c4cc(Cl)c(-c5c(F)cccc5OC)c(F)c4n(-c4c(C)ncnc4C(C)C)c3=O)N2CC1C. The van der Waals surface area contributed by atoms with E-state index in [-0.39, 0.29) is 74.8 Å². The third kappa shape index (κ3) is 4.76. The van der Waals surface area contributed by atoms with Crippen LogP contribution in [0, 0.1) is 18.6 Å². The normalized spacial score (nSPS) is 17.7. The van der Waals surface area contributed by atoms with E-state index in [0.29, 0.717) is 11.4 Å². The third-order valence-electron chi connectivity index (χ3n) is 8.99. The highest BCUT2D eigenvalue weighted by molar-refractivity contribution is 6.35. The number of hydrogen-bond acceptors (Lipinski definition) is 7. The molecule has 0 saturated carbocycles. The summed E-state index contributed by atoms with van der Waals surface area (Å²) in [5.41, 5.74) is -0.0361. The zero-order chi connectivity index (χ0) is 34.1. The van der Waals surface area contributed by atoms with Gasteiger partial charge in [-0.05, 0) is 44.0 Å². The van der Waals surface area contributed by atoms with Gasteiger partial charge in [-0.25, -0.2) is 18.7 Å². The van der Waals surface area contributed by atoms with E-state index in [0.717, 1.165) is 0 Å². The summed E-state index contributed by atoms with van der Waals surface area (Å²) in [6.07, 6.45) is 2.56. The Kier molecular flexibility index (Phi) is 8.03. The van der Waals surface area contributed by atoms with Crippen LogP contribution >= 0.6 is 11.6 Å². The molecule has 10 nitrogen and oxygen atoms in total. The van der Waals surface area contributed by atoms with Crippen LogP contribution in [-0.4, -0.2) is 70.6 Å². The fourth-order valence-corrected chi connectivity index (χ4v) is 7.06. The highest BCUT2D eigenvalue weighted by Crippen LogP contribution is 2.47. The second-order valence-corrected chi connectivity index (χ2v) is 12.5. The molecule has 0 aliphatic carbocycles. The van der Waals surface area contributed by atoms with Crippen molar-refractivity contribution >= 4 is 45.7 Å². The molecule has 2 aliphatic rings. The lowest BCUT2D eigenvalue weighted by atomic mass is 9.95. The first-order chi connectivity index (χ1) is 22.3. The number of pyridine rings is 1. The van der Waals surface area contributed by atoms with Crippen LogP contribution in [0.25, 0.3) is 27.7 Å². The Hall–Kier alpha value is -4.84. The van der Waals surface area contributed by atoms with Gasteiger partial charge in [0.15, 0.2) is 5.82 Å². The van der Waals surface area contributed by atoms with E-state index in [1.54, 1.807) is 16.7 Å². The quantitative estimate of drug-likeness (QED) is 0.264. The lowest BCUT2D eigenvalue weighted by molar-refractivity contribution is -0.130. The second-order valence-electron chi connectivity index (χ2n) is 12.1. The van der Waals surface area contributed by atoms with Crippen molar-refractivity contribution in [1.29, 1.82) is 0 Å². The topological polar surface area (TPSA) is 101 Å². The number of aromatic nitrogens is 3. The molecule has 0 N–H and O–H groups in total. The number of methoxy groups -OCH3 is 1. The van der Waals surface area contributed by atoms with Gasteiger partial charge >= 0.3 is 0 Å². The van der Waals surface area contributed by atoms with Gasteiger partial charge in [0.2, 0.25) is 5.91 Å². The Balaban J connectivity index is 1.80. The summed E-state index contributed by atoms with van der Waals surface area (Å²) < 4.78 is 39.6. The van der Waals surface area contributed by atoms with E-state index in [9.17, 15) is 14.4 Å². The van der Waals surface area contributed by atoms with Gasteiger partial charge in [0.05, 0.1) is 52.5 Å². The molecule has 13 heteroatoms. The molecule has 4 heterocycles. The molecule has 2 unspecified atom stereocenters. The number of benzene rings is 2. The number of carbonyl (C=O) groups is 2. The molecular weight excluding hydrogens is 630 g/mol. The number of ether oxygens (including phenoxy) is 1. The van der Waals surface area contributed by atoms with E-state index in [1.165, 1.54) is 60.3 Å².